The largest absolute Gasteiger partial charge is 0.384 e. The van der Waals surface area contributed by atoms with Crippen LogP contribution in [0, 0.1) is 5.92 Å². The Balaban J connectivity index is 1.54. The number of nitrogens with zero attached hydrogens (tertiary/aromatic N) is 5. The van der Waals surface area contributed by atoms with Gasteiger partial charge in [-0.15, -0.1) is 0 Å². The van der Waals surface area contributed by atoms with E-state index in [-0.39, 0.29) is 0 Å². The smallest absolute Gasteiger partial charge is 0.0952 e. The molecule has 2 aromatic rings. The number of aromatic nitrogens is 4. The van der Waals surface area contributed by atoms with Crippen molar-refractivity contribution in [3.05, 3.63) is 35.7 Å². The van der Waals surface area contributed by atoms with Crippen molar-refractivity contribution in [3.8, 4) is 0 Å². The van der Waals surface area contributed by atoms with Crippen LogP contribution in [0.15, 0.2) is 18.7 Å². The number of hydrogen-bond donors (Lipinski definition) is 0. The van der Waals surface area contributed by atoms with Gasteiger partial charge in [0.25, 0.3) is 0 Å². The molecule has 1 fully saturated rings. The maximum absolute atomic E-state index is 5.50. The Morgan fingerprint density at radius 3 is 2.91 bits per heavy atom. The third kappa shape index (κ3) is 3.19. The van der Waals surface area contributed by atoms with Crippen molar-refractivity contribution in [1.29, 1.82) is 0 Å². The third-order valence-corrected chi connectivity index (χ3v) is 4.88. The van der Waals surface area contributed by atoms with Crippen LogP contribution in [0.4, 0.5) is 0 Å². The van der Waals surface area contributed by atoms with Crippen LogP contribution in [-0.4, -0.2) is 44.5 Å². The number of hydrogen-bond acceptors (Lipinski definition) is 4. The van der Waals surface area contributed by atoms with Crippen LogP contribution >= 0.6 is 0 Å². The summed E-state index contributed by atoms with van der Waals surface area (Å²) < 4.78 is 9.75. The van der Waals surface area contributed by atoms with Crippen LogP contribution in [0.1, 0.15) is 35.7 Å². The number of aryl methyl sites for hydroxylation is 1. The predicted molar refractivity (Wildman–Crippen MR) is 86.9 cm³/mol. The molecular formula is C17H25N5O. The minimum Gasteiger partial charge on any atom is -0.384 e. The molecule has 124 valence electrons. The Bertz CT molecular complexity index is 672. The highest BCUT2D eigenvalue weighted by Crippen LogP contribution is 2.34. The van der Waals surface area contributed by atoms with Crippen LogP contribution in [0.3, 0.4) is 0 Å². The quantitative estimate of drug-likeness (QED) is 0.815. The van der Waals surface area contributed by atoms with Crippen LogP contribution in [-0.2, 0) is 31.4 Å². The molecule has 0 aromatic carbocycles. The van der Waals surface area contributed by atoms with Gasteiger partial charge in [0.1, 0.15) is 0 Å². The second kappa shape index (κ2) is 6.09. The first-order valence-corrected chi connectivity index (χ1v) is 8.45. The maximum atomic E-state index is 5.50. The van der Waals surface area contributed by atoms with Crippen molar-refractivity contribution in [2.45, 2.75) is 38.4 Å². The zero-order chi connectivity index (χ0) is 15.8. The van der Waals surface area contributed by atoms with Crippen LogP contribution in [0.5, 0.6) is 0 Å². The summed E-state index contributed by atoms with van der Waals surface area (Å²) in [6.45, 7) is 4.75. The van der Waals surface area contributed by atoms with Gasteiger partial charge in [0.05, 0.1) is 24.8 Å². The van der Waals surface area contributed by atoms with Gasteiger partial charge in [0.2, 0.25) is 0 Å². The summed E-state index contributed by atoms with van der Waals surface area (Å²) in [5.41, 5.74) is 3.88. The second-order valence-electron chi connectivity index (χ2n) is 7.02. The Morgan fingerprint density at radius 1 is 1.35 bits per heavy atom. The fraction of sp³-hybridized carbons (Fsp3) is 0.647. The second-order valence-corrected chi connectivity index (χ2v) is 7.02. The Hall–Kier alpha value is -1.66. The fourth-order valence-corrected chi connectivity index (χ4v) is 3.69. The molecule has 3 heterocycles. The van der Waals surface area contributed by atoms with Crippen LogP contribution in [0.25, 0.3) is 0 Å². The monoisotopic (exact) mass is 315 g/mol. The average Bonchev–Trinajstić information content (AvgIpc) is 3.11. The first-order chi connectivity index (χ1) is 11.2. The minimum absolute atomic E-state index is 0.404. The molecule has 1 saturated carbocycles. The zero-order valence-corrected chi connectivity index (χ0v) is 14.0. The lowest BCUT2D eigenvalue weighted by Crippen LogP contribution is -2.36. The lowest BCUT2D eigenvalue weighted by Gasteiger charge is -2.32. The van der Waals surface area contributed by atoms with Crippen LogP contribution in [0.2, 0.25) is 0 Å². The van der Waals surface area contributed by atoms with Gasteiger partial charge in [-0.1, -0.05) is 0 Å². The molecule has 0 radical (unpaired) electrons. The summed E-state index contributed by atoms with van der Waals surface area (Å²) >= 11 is 0. The van der Waals surface area contributed by atoms with E-state index in [9.17, 15) is 0 Å². The van der Waals surface area contributed by atoms with Crippen molar-refractivity contribution < 1.29 is 4.74 Å². The third-order valence-electron chi connectivity index (χ3n) is 4.88. The Morgan fingerprint density at radius 2 is 2.22 bits per heavy atom. The molecule has 0 spiro atoms. The summed E-state index contributed by atoms with van der Waals surface area (Å²) in [6.07, 6.45) is 8.82. The minimum atomic E-state index is 0.404. The van der Waals surface area contributed by atoms with Gasteiger partial charge in [0, 0.05) is 63.7 Å². The normalized spacial score (nSPS) is 21.6. The summed E-state index contributed by atoms with van der Waals surface area (Å²) in [5, 5.41) is 4.27. The molecule has 2 aromatic heterocycles. The van der Waals surface area contributed by atoms with Gasteiger partial charge in [-0.2, -0.15) is 5.10 Å². The van der Waals surface area contributed by atoms with Crippen LogP contribution < -0.4 is 0 Å². The van der Waals surface area contributed by atoms with E-state index in [1.54, 1.807) is 7.11 Å². The van der Waals surface area contributed by atoms with E-state index in [1.165, 1.54) is 29.8 Å². The standard InChI is InChI=1S/C17H25N5O/c1-20-6-14(5-19-20)7-21-9-15(11-23-2)17-16(10-21)18-12-22(17)8-13-3-4-13/h5-6,12-13,15H,3-4,7-11H2,1-2H3/t15-/m1/s1. The molecule has 23 heavy (non-hydrogen) atoms. The highest BCUT2D eigenvalue weighted by molar-refractivity contribution is 5.23. The van der Waals surface area contributed by atoms with E-state index < -0.39 is 0 Å². The summed E-state index contributed by atoms with van der Waals surface area (Å²) in [6, 6.07) is 0. The van der Waals surface area contributed by atoms with Gasteiger partial charge < -0.3 is 9.30 Å². The van der Waals surface area contributed by atoms with Gasteiger partial charge in [0.15, 0.2) is 0 Å². The number of ether oxygens (including phenoxy) is 1. The van der Waals surface area contributed by atoms with Gasteiger partial charge in [-0.05, 0) is 18.8 Å². The van der Waals surface area contributed by atoms with Crippen molar-refractivity contribution in [1.82, 2.24) is 24.2 Å². The van der Waals surface area contributed by atoms with Gasteiger partial charge >= 0.3 is 0 Å². The first kappa shape index (κ1) is 14.9. The molecule has 6 nitrogen and oxygen atoms in total. The highest BCUT2D eigenvalue weighted by Gasteiger charge is 2.31. The van der Waals surface area contributed by atoms with E-state index >= 15 is 0 Å². The SMILES string of the molecule is COC[C@H]1CN(Cc2cnn(C)c2)Cc2ncn(CC3CC3)c21. The maximum Gasteiger partial charge on any atom is 0.0952 e. The van der Waals surface area contributed by atoms with Crippen molar-refractivity contribution in [3.63, 3.8) is 0 Å². The Kier molecular flexibility index (Phi) is 3.95. The molecule has 0 saturated heterocycles. The Labute approximate surface area is 137 Å². The van der Waals surface area contributed by atoms with E-state index in [0.29, 0.717) is 5.92 Å². The van der Waals surface area contributed by atoms with Crippen molar-refractivity contribution in [2.75, 3.05) is 20.3 Å². The van der Waals surface area contributed by atoms with Crippen molar-refractivity contribution >= 4 is 0 Å². The summed E-state index contributed by atoms with van der Waals surface area (Å²) in [4.78, 5) is 7.17. The summed E-state index contributed by atoms with van der Waals surface area (Å²) in [5.74, 6) is 1.27. The van der Waals surface area contributed by atoms with Gasteiger partial charge in [-0.25, -0.2) is 4.98 Å². The number of rotatable bonds is 6. The fourth-order valence-electron chi connectivity index (χ4n) is 3.69. The average molecular weight is 315 g/mol. The number of imidazole rings is 1. The van der Waals surface area contributed by atoms with E-state index in [2.05, 4.69) is 20.8 Å². The van der Waals surface area contributed by atoms with Crippen molar-refractivity contribution in [2.24, 2.45) is 13.0 Å². The molecule has 0 bridgehead atoms. The lowest BCUT2D eigenvalue weighted by molar-refractivity contribution is 0.131. The number of fused-ring (bicyclic) bond motifs is 1. The first-order valence-electron chi connectivity index (χ1n) is 8.45. The predicted octanol–water partition coefficient (Wildman–Crippen LogP) is 1.77. The van der Waals surface area contributed by atoms with E-state index in [1.807, 2.05) is 24.3 Å². The lowest BCUT2D eigenvalue weighted by atomic mass is 9.98. The molecule has 0 amide bonds. The molecule has 1 aliphatic heterocycles. The molecule has 2 aliphatic rings. The molecule has 0 unspecified atom stereocenters. The molecule has 0 N–H and O–H groups in total. The molecule has 4 rings (SSSR count). The summed E-state index contributed by atoms with van der Waals surface area (Å²) in [7, 11) is 3.76. The molecule has 1 aliphatic carbocycles. The number of methoxy groups -OCH3 is 1. The molecular weight excluding hydrogens is 290 g/mol. The van der Waals surface area contributed by atoms with E-state index in [0.717, 1.165) is 38.7 Å². The zero-order valence-electron chi connectivity index (χ0n) is 14.0. The topological polar surface area (TPSA) is 48.1 Å². The highest BCUT2D eigenvalue weighted by atomic mass is 16.5. The van der Waals surface area contributed by atoms with Gasteiger partial charge in [-0.3, -0.25) is 9.58 Å². The molecule has 1 atom stereocenters. The van der Waals surface area contributed by atoms with E-state index in [4.69, 9.17) is 9.72 Å². The molecule has 6 heteroatoms.